The van der Waals surface area contributed by atoms with Gasteiger partial charge in [0.1, 0.15) is 0 Å². The minimum Gasteiger partial charge on any atom is -0.389 e. The molecule has 2 aliphatic rings. The second-order valence-corrected chi connectivity index (χ2v) is 8.85. The molecule has 162 valence electrons. The number of nitrogens with zero attached hydrogens (tertiary/aromatic N) is 1. The van der Waals surface area contributed by atoms with E-state index in [-0.39, 0.29) is 12.0 Å². The summed E-state index contributed by atoms with van der Waals surface area (Å²) < 4.78 is 6.78. The SMILES string of the molecule is Cc1ccc(CN2C(=O)c3ccccc3C2(OC2C=C[C@@H](O)C2)c2ccc(Cl)cc2)cc1. The molecule has 0 saturated carbocycles. The van der Waals surface area contributed by atoms with Gasteiger partial charge >= 0.3 is 0 Å². The Morgan fingerprint density at radius 1 is 1.03 bits per heavy atom. The number of hydrogen-bond acceptors (Lipinski definition) is 3. The summed E-state index contributed by atoms with van der Waals surface area (Å²) in [5, 5.41) is 10.7. The lowest BCUT2D eigenvalue weighted by atomic mass is 9.92. The molecule has 0 spiro atoms. The number of carbonyl (C=O) groups excluding carboxylic acids is 1. The van der Waals surface area contributed by atoms with Crippen molar-refractivity contribution in [3.8, 4) is 0 Å². The quantitative estimate of drug-likeness (QED) is 0.548. The van der Waals surface area contributed by atoms with Gasteiger partial charge in [-0.05, 0) is 30.7 Å². The van der Waals surface area contributed by atoms with Gasteiger partial charge in [-0.25, -0.2) is 0 Å². The van der Waals surface area contributed by atoms with Crippen LogP contribution in [0.4, 0.5) is 0 Å². The molecule has 3 atom stereocenters. The largest absolute Gasteiger partial charge is 0.389 e. The van der Waals surface area contributed by atoms with Gasteiger partial charge in [-0.15, -0.1) is 0 Å². The second kappa shape index (κ2) is 8.21. The molecule has 1 aliphatic carbocycles. The highest BCUT2D eigenvalue weighted by Gasteiger charge is 2.53. The maximum atomic E-state index is 13.7. The summed E-state index contributed by atoms with van der Waals surface area (Å²) in [4.78, 5) is 15.5. The Kier molecular flexibility index (Phi) is 5.38. The van der Waals surface area contributed by atoms with Crippen molar-refractivity contribution in [1.82, 2.24) is 4.90 Å². The van der Waals surface area contributed by atoms with Gasteiger partial charge in [0.25, 0.3) is 5.91 Å². The van der Waals surface area contributed by atoms with Crippen LogP contribution < -0.4 is 0 Å². The number of ether oxygens (including phenoxy) is 1. The van der Waals surface area contributed by atoms with E-state index >= 15 is 0 Å². The van der Waals surface area contributed by atoms with Gasteiger partial charge in [0, 0.05) is 34.7 Å². The van der Waals surface area contributed by atoms with Crippen LogP contribution in [0.25, 0.3) is 0 Å². The van der Waals surface area contributed by atoms with Crippen molar-refractivity contribution in [3.63, 3.8) is 0 Å². The normalized spacial score (nSPS) is 24.2. The average molecular weight is 446 g/mol. The number of hydrogen-bond donors (Lipinski definition) is 1. The Morgan fingerprint density at radius 3 is 2.44 bits per heavy atom. The molecule has 0 fully saturated rings. The van der Waals surface area contributed by atoms with Crippen LogP contribution in [0.1, 0.15) is 39.0 Å². The first-order valence-electron chi connectivity index (χ1n) is 10.7. The number of aryl methyl sites for hydroxylation is 1. The van der Waals surface area contributed by atoms with Crippen LogP contribution in [0.3, 0.4) is 0 Å². The highest BCUT2D eigenvalue weighted by atomic mass is 35.5. The minimum absolute atomic E-state index is 0.0846. The molecule has 4 nitrogen and oxygen atoms in total. The molecule has 3 aromatic carbocycles. The fourth-order valence-corrected chi connectivity index (χ4v) is 4.72. The molecule has 1 aliphatic heterocycles. The van der Waals surface area contributed by atoms with Crippen molar-refractivity contribution in [2.45, 2.75) is 37.8 Å². The standard InChI is InChI=1S/C27H24ClNO3/c1-18-6-8-19(9-7-18)17-29-26(31)24-4-2-3-5-25(24)27(29,20-10-12-21(28)13-11-20)32-23-15-14-22(30)16-23/h2-15,22-23,30H,16-17H2,1H3/t22-,23?,27?/m1/s1. The maximum Gasteiger partial charge on any atom is 0.257 e. The smallest absolute Gasteiger partial charge is 0.257 e. The predicted molar refractivity (Wildman–Crippen MR) is 124 cm³/mol. The van der Waals surface area contributed by atoms with Crippen LogP contribution in [0, 0.1) is 6.92 Å². The third-order valence-electron chi connectivity index (χ3n) is 6.19. The molecule has 5 rings (SSSR count). The Bertz CT molecular complexity index is 1170. The van der Waals surface area contributed by atoms with Gasteiger partial charge in [0.05, 0.1) is 12.2 Å². The van der Waals surface area contributed by atoms with Gasteiger partial charge in [-0.1, -0.05) is 83.9 Å². The summed E-state index contributed by atoms with van der Waals surface area (Å²) >= 11 is 6.20. The molecule has 32 heavy (non-hydrogen) atoms. The van der Waals surface area contributed by atoms with Crippen molar-refractivity contribution in [2.75, 3.05) is 0 Å². The monoisotopic (exact) mass is 445 g/mol. The molecule has 0 saturated heterocycles. The molecule has 5 heteroatoms. The summed E-state index contributed by atoms with van der Waals surface area (Å²) in [5.74, 6) is -0.0846. The zero-order valence-electron chi connectivity index (χ0n) is 17.7. The topological polar surface area (TPSA) is 49.8 Å². The van der Waals surface area contributed by atoms with E-state index in [2.05, 4.69) is 0 Å². The third kappa shape index (κ3) is 3.55. The van der Waals surface area contributed by atoms with E-state index in [0.29, 0.717) is 23.6 Å². The lowest BCUT2D eigenvalue weighted by molar-refractivity contribution is -0.137. The Morgan fingerprint density at radius 2 is 1.75 bits per heavy atom. The van der Waals surface area contributed by atoms with Gasteiger partial charge in [0.15, 0.2) is 5.72 Å². The fraction of sp³-hybridized carbons (Fsp3) is 0.222. The van der Waals surface area contributed by atoms with Crippen LogP contribution in [0.2, 0.25) is 5.02 Å². The van der Waals surface area contributed by atoms with E-state index in [1.54, 1.807) is 11.0 Å². The van der Waals surface area contributed by atoms with Gasteiger partial charge in [-0.2, -0.15) is 0 Å². The van der Waals surface area contributed by atoms with Crippen molar-refractivity contribution in [2.24, 2.45) is 0 Å². The van der Waals surface area contributed by atoms with Gasteiger partial charge in [0.2, 0.25) is 0 Å². The van der Waals surface area contributed by atoms with Crippen molar-refractivity contribution >= 4 is 17.5 Å². The van der Waals surface area contributed by atoms with Crippen molar-refractivity contribution in [1.29, 1.82) is 0 Å². The fourth-order valence-electron chi connectivity index (χ4n) is 4.59. The first kappa shape index (κ1) is 21.0. The molecule has 2 unspecified atom stereocenters. The molecule has 0 aromatic heterocycles. The van der Waals surface area contributed by atoms with E-state index < -0.39 is 11.8 Å². The van der Waals surface area contributed by atoms with Crippen LogP contribution in [-0.2, 0) is 17.0 Å². The number of aliphatic hydroxyl groups excluding tert-OH is 1. The van der Waals surface area contributed by atoms with Crippen molar-refractivity contribution in [3.05, 3.63) is 118 Å². The first-order valence-corrected chi connectivity index (χ1v) is 11.1. The molecule has 0 bridgehead atoms. The number of aliphatic hydroxyl groups is 1. The molecule has 0 radical (unpaired) electrons. The van der Waals surface area contributed by atoms with Crippen LogP contribution in [-0.4, -0.2) is 28.1 Å². The maximum absolute atomic E-state index is 13.7. The van der Waals surface area contributed by atoms with Crippen LogP contribution in [0.5, 0.6) is 0 Å². The Labute approximate surface area is 192 Å². The number of amides is 1. The van der Waals surface area contributed by atoms with E-state index in [9.17, 15) is 9.90 Å². The molecule has 1 N–H and O–H groups in total. The zero-order chi connectivity index (χ0) is 22.3. The predicted octanol–water partition coefficient (Wildman–Crippen LogP) is 5.21. The zero-order valence-corrected chi connectivity index (χ0v) is 18.5. The van der Waals surface area contributed by atoms with E-state index in [1.165, 1.54) is 0 Å². The number of halogens is 1. The molecular formula is C27H24ClNO3. The van der Waals surface area contributed by atoms with Crippen LogP contribution >= 0.6 is 11.6 Å². The number of fused-ring (bicyclic) bond motifs is 1. The van der Waals surface area contributed by atoms with Gasteiger partial charge < -0.3 is 9.84 Å². The van der Waals surface area contributed by atoms with Crippen molar-refractivity contribution < 1.29 is 14.6 Å². The molecule has 1 heterocycles. The lowest BCUT2D eigenvalue weighted by Crippen LogP contribution is -2.48. The summed E-state index contributed by atoms with van der Waals surface area (Å²) in [6.07, 6.45) is 3.18. The number of benzene rings is 3. The Hall–Kier alpha value is -2.92. The summed E-state index contributed by atoms with van der Waals surface area (Å²) in [5.41, 5.74) is 3.28. The second-order valence-electron chi connectivity index (χ2n) is 8.42. The van der Waals surface area contributed by atoms with Crippen LogP contribution in [0.15, 0.2) is 84.9 Å². The molecular weight excluding hydrogens is 422 g/mol. The summed E-state index contributed by atoms with van der Waals surface area (Å²) in [6, 6.07) is 23.2. The highest BCUT2D eigenvalue weighted by Crippen LogP contribution is 2.47. The lowest BCUT2D eigenvalue weighted by Gasteiger charge is -2.41. The summed E-state index contributed by atoms with van der Waals surface area (Å²) in [7, 11) is 0. The first-order chi connectivity index (χ1) is 15.5. The molecule has 1 amide bonds. The van der Waals surface area contributed by atoms with E-state index in [4.69, 9.17) is 16.3 Å². The number of carbonyl (C=O) groups is 1. The van der Waals surface area contributed by atoms with E-state index in [1.807, 2.05) is 85.8 Å². The van der Waals surface area contributed by atoms with E-state index in [0.717, 1.165) is 22.3 Å². The minimum atomic E-state index is -1.14. The average Bonchev–Trinajstić information content (AvgIpc) is 3.31. The van der Waals surface area contributed by atoms with Gasteiger partial charge in [-0.3, -0.25) is 9.69 Å². The Balaban J connectivity index is 1.68. The third-order valence-corrected chi connectivity index (χ3v) is 6.44. The molecule has 3 aromatic rings. The summed E-state index contributed by atoms with van der Waals surface area (Å²) in [6.45, 7) is 2.43. The highest BCUT2D eigenvalue weighted by molar-refractivity contribution is 6.30. The number of rotatable bonds is 5.